The van der Waals surface area contributed by atoms with E-state index in [1.807, 2.05) is 0 Å². The average Bonchev–Trinajstić information content (AvgIpc) is 2.25. The molecule has 1 saturated heterocycles. The third-order valence-corrected chi connectivity index (χ3v) is 6.26. The molecule has 2 nitrogen and oxygen atoms in total. The van der Waals surface area contributed by atoms with Crippen LogP contribution in [0.15, 0.2) is 0 Å². The van der Waals surface area contributed by atoms with Crippen molar-refractivity contribution < 1.29 is 4.74 Å². The topological polar surface area (TPSA) is 21.3 Å². The molecule has 4 bridgehead atoms. The Morgan fingerprint density at radius 2 is 1.50 bits per heavy atom. The quantitative estimate of drug-likeness (QED) is 0.771. The third kappa shape index (κ3) is 1.61. The van der Waals surface area contributed by atoms with Crippen molar-refractivity contribution in [2.45, 2.75) is 64.0 Å². The molecule has 0 aromatic heterocycles. The first-order valence-corrected chi connectivity index (χ1v) is 7.94. The predicted octanol–water partition coefficient (Wildman–Crippen LogP) is 2.97. The van der Waals surface area contributed by atoms with Crippen LogP contribution in [0.1, 0.15) is 52.4 Å². The van der Waals surface area contributed by atoms with E-state index in [0.29, 0.717) is 11.5 Å². The van der Waals surface area contributed by atoms with E-state index in [0.717, 1.165) is 30.9 Å². The fraction of sp³-hybridized carbons (Fsp3) is 1.00. The van der Waals surface area contributed by atoms with Gasteiger partial charge < -0.3 is 10.1 Å². The van der Waals surface area contributed by atoms with Crippen LogP contribution in [-0.2, 0) is 4.74 Å². The summed E-state index contributed by atoms with van der Waals surface area (Å²) in [5, 5.41) is 3.71. The zero-order valence-corrected chi connectivity index (χ0v) is 11.9. The van der Waals surface area contributed by atoms with Gasteiger partial charge >= 0.3 is 0 Å². The van der Waals surface area contributed by atoms with Crippen molar-refractivity contribution in [1.29, 1.82) is 0 Å². The van der Waals surface area contributed by atoms with E-state index in [2.05, 4.69) is 19.2 Å². The minimum atomic E-state index is 0.171. The molecule has 0 amide bonds. The smallest absolute Gasteiger partial charge is 0.0808 e. The van der Waals surface area contributed by atoms with Crippen molar-refractivity contribution in [2.24, 2.45) is 23.2 Å². The van der Waals surface area contributed by atoms with Crippen LogP contribution in [0, 0.1) is 23.2 Å². The van der Waals surface area contributed by atoms with Gasteiger partial charge in [0.05, 0.1) is 12.7 Å². The summed E-state index contributed by atoms with van der Waals surface area (Å²) in [6.07, 6.45) is 9.39. The number of hydrogen-bond donors (Lipinski definition) is 1. The largest absolute Gasteiger partial charge is 0.374 e. The van der Waals surface area contributed by atoms with Crippen molar-refractivity contribution in [1.82, 2.24) is 5.32 Å². The van der Waals surface area contributed by atoms with Crippen LogP contribution in [0.2, 0.25) is 0 Å². The third-order valence-electron chi connectivity index (χ3n) is 6.26. The first kappa shape index (κ1) is 11.7. The second-order valence-corrected chi connectivity index (χ2v) is 8.18. The summed E-state index contributed by atoms with van der Waals surface area (Å²) in [7, 11) is 0. The van der Waals surface area contributed by atoms with E-state index in [-0.39, 0.29) is 5.54 Å². The standard InChI is InChI=1S/C16H27NO/c1-15(2)14(18-4-3-17-15)16-8-11-5-12(9-16)7-13(6-11)10-16/h11-14,17H,3-10H2,1-2H3. The Bertz CT molecular complexity index is 314. The molecule has 0 aromatic rings. The Morgan fingerprint density at radius 1 is 0.944 bits per heavy atom. The highest BCUT2D eigenvalue weighted by Crippen LogP contribution is 2.63. The van der Waals surface area contributed by atoms with E-state index in [4.69, 9.17) is 4.74 Å². The van der Waals surface area contributed by atoms with Crippen LogP contribution in [0.25, 0.3) is 0 Å². The number of ether oxygens (including phenoxy) is 1. The zero-order chi connectivity index (χ0) is 12.4. The molecular formula is C16H27NO. The minimum absolute atomic E-state index is 0.171. The van der Waals surface area contributed by atoms with Gasteiger partial charge in [-0.3, -0.25) is 0 Å². The molecule has 2 heteroatoms. The molecule has 4 saturated carbocycles. The Morgan fingerprint density at radius 3 is 2.00 bits per heavy atom. The molecule has 0 spiro atoms. The summed E-state index contributed by atoms with van der Waals surface area (Å²) in [5.41, 5.74) is 0.690. The number of morpholine rings is 1. The number of rotatable bonds is 1. The van der Waals surface area contributed by atoms with Gasteiger partial charge in [-0.2, -0.15) is 0 Å². The van der Waals surface area contributed by atoms with Gasteiger partial charge in [0, 0.05) is 12.1 Å². The summed E-state index contributed by atoms with van der Waals surface area (Å²) >= 11 is 0. The Balaban J connectivity index is 1.66. The average molecular weight is 249 g/mol. The lowest BCUT2D eigenvalue weighted by molar-refractivity contribution is -0.179. The van der Waals surface area contributed by atoms with Gasteiger partial charge in [-0.25, -0.2) is 0 Å². The molecule has 1 aliphatic heterocycles. The van der Waals surface area contributed by atoms with E-state index in [9.17, 15) is 0 Å². The fourth-order valence-corrected chi connectivity index (χ4v) is 6.29. The molecule has 5 rings (SSSR count). The lowest BCUT2D eigenvalue weighted by Crippen LogP contribution is -2.65. The molecule has 18 heavy (non-hydrogen) atoms. The van der Waals surface area contributed by atoms with Crippen LogP contribution < -0.4 is 5.32 Å². The molecule has 5 fully saturated rings. The fourth-order valence-electron chi connectivity index (χ4n) is 6.29. The van der Waals surface area contributed by atoms with Gasteiger partial charge in [-0.05, 0) is 75.5 Å². The van der Waals surface area contributed by atoms with Gasteiger partial charge in [-0.1, -0.05) is 0 Å². The normalized spacial score (nSPS) is 53.7. The van der Waals surface area contributed by atoms with E-state index >= 15 is 0 Å². The highest BCUT2D eigenvalue weighted by atomic mass is 16.5. The highest BCUT2D eigenvalue weighted by Gasteiger charge is 2.58. The summed E-state index contributed by atoms with van der Waals surface area (Å²) in [4.78, 5) is 0. The van der Waals surface area contributed by atoms with Crippen LogP contribution in [0.5, 0.6) is 0 Å². The summed E-state index contributed by atoms with van der Waals surface area (Å²) < 4.78 is 6.32. The van der Waals surface area contributed by atoms with Crippen LogP contribution >= 0.6 is 0 Å². The van der Waals surface area contributed by atoms with Crippen molar-refractivity contribution in [3.05, 3.63) is 0 Å². The first-order chi connectivity index (χ1) is 8.57. The maximum atomic E-state index is 6.32. The van der Waals surface area contributed by atoms with E-state index < -0.39 is 0 Å². The molecule has 1 atom stereocenters. The van der Waals surface area contributed by atoms with Gasteiger partial charge in [0.1, 0.15) is 0 Å². The first-order valence-electron chi connectivity index (χ1n) is 7.94. The molecule has 102 valence electrons. The SMILES string of the molecule is CC1(C)NCCOC1C12CC3CC(CC(C3)C1)C2. The van der Waals surface area contributed by atoms with Crippen molar-refractivity contribution in [3.63, 3.8) is 0 Å². The van der Waals surface area contributed by atoms with Gasteiger partial charge in [0.15, 0.2) is 0 Å². The van der Waals surface area contributed by atoms with E-state index in [1.165, 1.54) is 38.5 Å². The maximum absolute atomic E-state index is 6.32. The maximum Gasteiger partial charge on any atom is 0.0808 e. The monoisotopic (exact) mass is 249 g/mol. The van der Waals surface area contributed by atoms with E-state index in [1.54, 1.807) is 0 Å². The van der Waals surface area contributed by atoms with Gasteiger partial charge in [-0.15, -0.1) is 0 Å². The molecular weight excluding hydrogens is 222 g/mol. The van der Waals surface area contributed by atoms with Gasteiger partial charge in [0.2, 0.25) is 0 Å². The Hall–Kier alpha value is -0.0800. The molecule has 0 aromatic carbocycles. The van der Waals surface area contributed by atoms with Gasteiger partial charge in [0.25, 0.3) is 0 Å². The molecule has 5 aliphatic rings. The predicted molar refractivity (Wildman–Crippen MR) is 72.4 cm³/mol. The second-order valence-electron chi connectivity index (χ2n) is 8.18. The number of hydrogen-bond acceptors (Lipinski definition) is 2. The number of nitrogens with one attached hydrogen (secondary N) is 1. The van der Waals surface area contributed by atoms with Crippen LogP contribution in [0.4, 0.5) is 0 Å². The molecule has 4 aliphatic carbocycles. The van der Waals surface area contributed by atoms with Crippen molar-refractivity contribution in [2.75, 3.05) is 13.2 Å². The van der Waals surface area contributed by atoms with Crippen LogP contribution in [-0.4, -0.2) is 24.8 Å². The Kier molecular flexibility index (Phi) is 2.43. The molecule has 0 radical (unpaired) electrons. The molecule has 1 unspecified atom stereocenters. The second kappa shape index (κ2) is 3.73. The van der Waals surface area contributed by atoms with Crippen LogP contribution in [0.3, 0.4) is 0 Å². The molecule has 1 heterocycles. The lowest BCUT2D eigenvalue weighted by Gasteiger charge is -2.62. The summed E-state index contributed by atoms with van der Waals surface area (Å²) in [6.45, 7) is 6.65. The summed E-state index contributed by atoms with van der Waals surface area (Å²) in [5.74, 6) is 3.08. The van der Waals surface area contributed by atoms with Crippen molar-refractivity contribution in [3.8, 4) is 0 Å². The zero-order valence-electron chi connectivity index (χ0n) is 11.9. The summed E-state index contributed by atoms with van der Waals surface area (Å²) in [6, 6.07) is 0. The molecule has 1 N–H and O–H groups in total. The Labute approximate surface area is 111 Å². The lowest BCUT2D eigenvalue weighted by atomic mass is 9.46. The minimum Gasteiger partial charge on any atom is -0.374 e. The van der Waals surface area contributed by atoms with Crippen molar-refractivity contribution >= 4 is 0 Å². The highest BCUT2D eigenvalue weighted by molar-refractivity contribution is 5.10.